The Morgan fingerprint density at radius 1 is 1.24 bits per heavy atom. The zero-order valence-corrected chi connectivity index (χ0v) is 14.5. The molecule has 1 aliphatic rings. The second-order valence-corrected chi connectivity index (χ2v) is 6.25. The number of piperidine rings is 1. The first kappa shape index (κ1) is 19.7. The summed E-state index contributed by atoms with van der Waals surface area (Å²) in [7, 11) is 0. The number of carbonyl (C=O) groups excluding carboxylic acids is 2. The Kier molecular flexibility index (Phi) is 6.40. The van der Waals surface area contributed by atoms with Gasteiger partial charge < -0.3 is 15.5 Å². The number of nitrogens with zero attached hydrogens (tertiary/aromatic N) is 1. The fraction of sp³-hybridized carbons (Fsp3) is 0.467. The lowest BCUT2D eigenvalue weighted by Crippen LogP contribution is -2.47. The van der Waals surface area contributed by atoms with E-state index < -0.39 is 22.8 Å². The lowest BCUT2D eigenvalue weighted by atomic mass is 10.1. The minimum Gasteiger partial charge on any atom is -0.342 e. The van der Waals surface area contributed by atoms with E-state index in [2.05, 4.69) is 10.6 Å². The van der Waals surface area contributed by atoms with Gasteiger partial charge in [0.2, 0.25) is 5.91 Å². The number of nitrogens with one attached hydrogen (secondary N) is 2. The van der Waals surface area contributed by atoms with Gasteiger partial charge in [0, 0.05) is 24.8 Å². The van der Waals surface area contributed by atoms with Crippen molar-refractivity contribution in [2.75, 3.05) is 24.3 Å². The highest BCUT2D eigenvalue weighted by molar-refractivity contribution is 6.31. The number of hydrogen-bond acceptors (Lipinski definition) is 2. The maximum Gasteiger partial charge on any atom is 0.417 e. The Hall–Kier alpha value is -1.67. The number of rotatable bonds is 3. The summed E-state index contributed by atoms with van der Waals surface area (Å²) in [4.78, 5) is 25.0. The average molecular weight is 398 g/mol. The number of anilines is 1. The number of carbonyl (C=O) groups is 2. The summed E-state index contributed by atoms with van der Waals surface area (Å²) in [6.45, 7) is 0.936. The van der Waals surface area contributed by atoms with Crippen LogP contribution in [0.25, 0.3) is 0 Å². The molecule has 1 aliphatic heterocycles. The zero-order valence-electron chi connectivity index (χ0n) is 13.0. The summed E-state index contributed by atoms with van der Waals surface area (Å²) in [5.41, 5.74) is -1.02. The third-order valence-corrected chi connectivity index (χ3v) is 4.39. The van der Waals surface area contributed by atoms with Gasteiger partial charge in [0.05, 0.1) is 10.6 Å². The van der Waals surface area contributed by atoms with E-state index in [1.54, 1.807) is 4.90 Å². The fourth-order valence-corrected chi connectivity index (χ4v) is 2.92. The summed E-state index contributed by atoms with van der Waals surface area (Å²) in [6.07, 6.45) is -3.51. The van der Waals surface area contributed by atoms with Gasteiger partial charge in [-0.05, 0) is 31.0 Å². The molecule has 0 bridgehead atoms. The quantitative estimate of drug-likeness (QED) is 0.763. The van der Waals surface area contributed by atoms with Gasteiger partial charge in [-0.2, -0.15) is 13.2 Å². The van der Waals surface area contributed by atoms with Gasteiger partial charge in [-0.1, -0.05) is 11.6 Å². The molecule has 1 aromatic carbocycles. The van der Waals surface area contributed by atoms with Crippen molar-refractivity contribution in [3.8, 4) is 0 Å². The Bertz CT molecular complexity index is 647. The molecule has 3 amide bonds. The summed E-state index contributed by atoms with van der Waals surface area (Å²) in [6, 6.07) is 2.37. The van der Waals surface area contributed by atoms with Gasteiger partial charge in [-0.15, -0.1) is 11.6 Å². The van der Waals surface area contributed by atoms with E-state index in [9.17, 15) is 22.8 Å². The molecule has 0 spiro atoms. The van der Waals surface area contributed by atoms with Crippen LogP contribution < -0.4 is 10.6 Å². The molecule has 2 N–H and O–H groups in total. The van der Waals surface area contributed by atoms with Crippen molar-refractivity contribution in [1.29, 1.82) is 0 Å². The molecule has 0 atom stereocenters. The van der Waals surface area contributed by atoms with Crippen LogP contribution in [-0.2, 0) is 11.0 Å². The van der Waals surface area contributed by atoms with Crippen LogP contribution in [0.15, 0.2) is 18.2 Å². The van der Waals surface area contributed by atoms with Gasteiger partial charge in [-0.25, -0.2) is 4.79 Å². The minimum atomic E-state index is -4.60. The standard InChI is InChI=1S/C15H16Cl2F3N3O2/c16-8-13(24)23-5-3-9(4-6-23)21-14(25)22-10-1-2-12(17)11(7-10)15(18,19)20/h1-2,7,9H,3-6,8H2,(H2,21,22,25). The Labute approximate surface area is 152 Å². The number of likely N-dealkylation sites (tertiary alicyclic amines) is 1. The van der Waals surface area contributed by atoms with Gasteiger partial charge in [-0.3, -0.25) is 4.79 Å². The van der Waals surface area contributed by atoms with E-state index in [1.165, 1.54) is 6.07 Å². The molecule has 138 valence electrons. The van der Waals surface area contributed by atoms with Crippen molar-refractivity contribution in [1.82, 2.24) is 10.2 Å². The normalized spacial score (nSPS) is 15.8. The van der Waals surface area contributed by atoms with Crippen LogP contribution >= 0.6 is 23.2 Å². The van der Waals surface area contributed by atoms with E-state index in [0.717, 1.165) is 12.1 Å². The molecule has 0 radical (unpaired) electrons. The van der Waals surface area contributed by atoms with E-state index in [0.29, 0.717) is 25.9 Å². The first-order valence-electron chi connectivity index (χ1n) is 7.48. The van der Waals surface area contributed by atoms with Crippen molar-refractivity contribution < 1.29 is 22.8 Å². The van der Waals surface area contributed by atoms with Crippen molar-refractivity contribution in [2.45, 2.75) is 25.1 Å². The van der Waals surface area contributed by atoms with Crippen LogP contribution in [0.5, 0.6) is 0 Å². The molecule has 5 nitrogen and oxygen atoms in total. The molecular weight excluding hydrogens is 382 g/mol. The van der Waals surface area contributed by atoms with Gasteiger partial charge in [0.25, 0.3) is 0 Å². The number of halogens is 5. The molecule has 0 saturated carbocycles. The maximum absolute atomic E-state index is 12.8. The minimum absolute atomic E-state index is 0.0102. The molecular formula is C15H16Cl2F3N3O2. The van der Waals surface area contributed by atoms with Crippen molar-refractivity contribution in [2.24, 2.45) is 0 Å². The Morgan fingerprint density at radius 2 is 1.88 bits per heavy atom. The average Bonchev–Trinajstić information content (AvgIpc) is 2.55. The summed E-state index contributed by atoms with van der Waals surface area (Å²) in [5.74, 6) is -0.248. The molecule has 0 unspecified atom stereocenters. The van der Waals surface area contributed by atoms with Crippen molar-refractivity contribution >= 4 is 40.8 Å². The predicted molar refractivity (Wildman–Crippen MR) is 88.9 cm³/mol. The molecule has 1 saturated heterocycles. The second kappa shape index (κ2) is 8.14. The Morgan fingerprint density at radius 3 is 2.44 bits per heavy atom. The van der Waals surface area contributed by atoms with Crippen LogP contribution in [0.4, 0.5) is 23.7 Å². The summed E-state index contributed by atoms with van der Waals surface area (Å²) in [5, 5.41) is 4.61. The highest BCUT2D eigenvalue weighted by Crippen LogP contribution is 2.36. The number of alkyl halides is 4. The number of hydrogen-bond donors (Lipinski definition) is 2. The van der Waals surface area contributed by atoms with Gasteiger partial charge in [0.15, 0.2) is 0 Å². The largest absolute Gasteiger partial charge is 0.417 e. The SMILES string of the molecule is O=C(Nc1ccc(Cl)c(C(F)(F)F)c1)NC1CCN(C(=O)CCl)CC1. The molecule has 10 heteroatoms. The van der Waals surface area contributed by atoms with Crippen LogP contribution in [0.2, 0.25) is 5.02 Å². The van der Waals surface area contributed by atoms with E-state index in [1.807, 2.05) is 0 Å². The van der Waals surface area contributed by atoms with Crippen LogP contribution in [-0.4, -0.2) is 41.8 Å². The van der Waals surface area contributed by atoms with Gasteiger partial charge >= 0.3 is 12.2 Å². The number of amides is 3. The van der Waals surface area contributed by atoms with Crippen molar-refractivity contribution in [3.63, 3.8) is 0 Å². The number of benzene rings is 1. The third-order valence-electron chi connectivity index (χ3n) is 3.83. The van der Waals surface area contributed by atoms with Gasteiger partial charge in [0.1, 0.15) is 5.88 Å². The highest BCUT2D eigenvalue weighted by Gasteiger charge is 2.33. The Balaban J connectivity index is 1.90. The fourth-order valence-electron chi connectivity index (χ4n) is 2.53. The second-order valence-electron chi connectivity index (χ2n) is 5.58. The third kappa shape index (κ3) is 5.40. The molecule has 1 heterocycles. The monoisotopic (exact) mass is 397 g/mol. The summed E-state index contributed by atoms with van der Waals surface area (Å²) < 4.78 is 38.4. The van der Waals surface area contributed by atoms with E-state index in [-0.39, 0.29) is 23.5 Å². The van der Waals surface area contributed by atoms with E-state index in [4.69, 9.17) is 23.2 Å². The first-order valence-corrected chi connectivity index (χ1v) is 8.40. The maximum atomic E-state index is 12.8. The summed E-state index contributed by atoms with van der Waals surface area (Å²) >= 11 is 11.0. The van der Waals surface area contributed by atoms with Crippen LogP contribution in [0, 0.1) is 0 Å². The number of urea groups is 1. The highest BCUT2D eigenvalue weighted by atomic mass is 35.5. The molecule has 2 rings (SSSR count). The topological polar surface area (TPSA) is 61.4 Å². The predicted octanol–water partition coefficient (Wildman–Crippen LogP) is 3.71. The van der Waals surface area contributed by atoms with E-state index >= 15 is 0 Å². The smallest absolute Gasteiger partial charge is 0.342 e. The lowest BCUT2D eigenvalue weighted by Gasteiger charge is -2.32. The lowest BCUT2D eigenvalue weighted by molar-refractivity contribution is -0.137. The van der Waals surface area contributed by atoms with Crippen molar-refractivity contribution in [3.05, 3.63) is 28.8 Å². The molecule has 1 fully saturated rings. The molecule has 0 aliphatic carbocycles. The first-order chi connectivity index (χ1) is 11.7. The zero-order chi connectivity index (χ0) is 18.6. The molecule has 25 heavy (non-hydrogen) atoms. The molecule has 0 aromatic heterocycles. The molecule has 1 aromatic rings. The van der Waals surface area contributed by atoms with Crippen LogP contribution in [0.3, 0.4) is 0 Å². The van der Waals surface area contributed by atoms with Crippen LogP contribution in [0.1, 0.15) is 18.4 Å².